The standard InChI is InChI=1S/C12H20FNO2/c1-12(2,3)16-11(15)14-9-4-5-10(14)7-8(13)6-9/h8-10H,4-7H2,1-3H3/t8?,9-,10+. The van der Waals surface area contributed by atoms with Gasteiger partial charge in [0.1, 0.15) is 11.8 Å². The second-order valence-corrected chi connectivity index (χ2v) is 5.84. The van der Waals surface area contributed by atoms with Gasteiger partial charge in [-0.25, -0.2) is 9.18 Å². The Morgan fingerprint density at radius 3 is 2.19 bits per heavy atom. The van der Waals surface area contributed by atoms with Gasteiger partial charge in [0.15, 0.2) is 0 Å². The van der Waals surface area contributed by atoms with Crippen molar-refractivity contribution in [2.24, 2.45) is 0 Å². The first kappa shape index (κ1) is 11.7. The number of rotatable bonds is 0. The molecule has 3 nitrogen and oxygen atoms in total. The van der Waals surface area contributed by atoms with Gasteiger partial charge >= 0.3 is 6.09 Å². The van der Waals surface area contributed by atoms with Crippen molar-refractivity contribution in [2.45, 2.75) is 70.3 Å². The minimum atomic E-state index is -0.740. The zero-order chi connectivity index (χ0) is 11.9. The van der Waals surface area contributed by atoms with Gasteiger partial charge in [-0.1, -0.05) is 0 Å². The fourth-order valence-electron chi connectivity index (χ4n) is 2.72. The van der Waals surface area contributed by atoms with Crippen LogP contribution in [0.25, 0.3) is 0 Å². The molecule has 1 amide bonds. The maximum absolute atomic E-state index is 13.3. The Balaban J connectivity index is 2.03. The summed E-state index contributed by atoms with van der Waals surface area (Å²) in [5.74, 6) is 0. The predicted molar refractivity (Wildman–Crippen MR) is 59.0 cm³/mol. The molecule has 2 heterocycles. The molecule has 0 radical (unpaired) electrons. The van der Waals surface area contributed by atoms with Crippen molar-refractivity contribution in [3.8, 4) is 0 Å². The Hall–Kier alpha value is -0.800. The molecule has 2 bridgehead atoms. The van der Waals surface area contributed by atoms with E-state index in [1.165, 1.54) is 0 Å². The molecule has 0 N–H and O–H groups in total. The van der Waals surface area contributed by atoms with Crippen LogP contribution >= 0.6 is 0 Å². The smallest absolute Gasteiger partial charge is 0.410 e. The molecule has 2 aliphatic rings. The lowest BCUT2D eigenvalue weighted by Crippen LogP contribution is -2.49. The highest BCUT2D eigenvalue weighted by Gasteiger charge is 2.44. The van der Waals surface area contributed by atoms with Crippen LogP contribution in [0.2, 0.25) is 0 Å². The third-order valence-electron chi connectivity index (χ3n) is 3.28. The molecule has 1 unspecified atom stereocenters. The average molecular weight is 229 g/mol. The van der Waals surface area contributed by atoms with Crippen molar-refractivity contribution >= 4 is 6.09 Å². The van der Waals surface area contributed by atoms with Crippen LogP contribution in [0.15, 0.2) is 0 Å². The summed E-state index contributed by atoms with van der Waals surface area (Å²) >= 11 is 0. The van der Waals surface area contributed by atoms with Crippen molar-refractivity contribution in [3.05, 3.63) is 0 Å². The number of piperidine rings is 1. The predicted octanol–water partition coefficient (Wildman–Crippen LogP) is 2.89. The number of fused-ring (bicyclic) bond motifs is 2. The third kappa shape index (κ3) is 2.30. The molecule has 3 atom stereocenters. The van der Waals surface area contributed by atoms with Crippen LogP contribution in [0.5, 0.6) is 0 Å². The molecule has 2 fully saturated rings. The molecule has 16 heavy (non-hydrogen) atoms. The summed E-state index contributed by atoms with van der Waals surface area (Å²) in [6.07, 6.45) is 1.79. The molecule has 2 rings (SSSR count). The number of hydrogen-bond acceptors (Lipinski definition) is 2. The first-order valence-corrected chi connectivity index (χ1v) is 6.02. The summed E-state index contributed by atoms with van der Waals surface area (Å²) in [7, 11) is 0. The van der Waals surface area contributed by atoms with E-state index in [1.807, 2.05) is 20.8 Å². The van der Waals surface area contributed by atoms with Crippen molar-refractivity contribution in [3.63, 3.8) is 0 Å². The van der Waals surface area contributed by atoms with Gasteiger partial charge in [0.2, 0.25) is 0 Å². The number of ether oxygens (including phenoxy) is 1. The number of halogens is 1. The fourth-order valence-corrected chi connectivity index (χ4v) is 2.72. The number of carbonyl (C=O) groups is 1. The van der Waals surface area contributed by atoms with Gasteiger partial charge < -0.3 is 9.64 Å². The zero-order valence-electron chi connectivity index (χ0n) is 10.2. The lowest BCUT2D eigenvalue weighted by atomic mass is 10.0. The van der Waals surface area contributed by atoms with E-state index in [2.05, 4.69) is 0 Å². The molecule has 0 aliphatic carbocycles. The van der Waals surface area contributed by atoms with Crippen LogP contribution in [-0.4, -0.2) is 34.8 Å². The molecular weight excluding hydrogens is 209 g/mol. The molecule has 0 aromatic carbocycles. The molecule has 92 valence electrons. The molecule has 0 aromatic heterocycles. The van der Waals surface area contributed by atoms with E-state index in [9.17, 15) is 9.18 Å². The second-order valence-electron chi connectivity index (χ2n) is 5.84. The van der Waals surface area contributed by atoms with E-state index in [4.69, 9.17) is 4.74 Å². The van der Waals surface area contributed by atoms with Crippen LogP contribution < -0.4 is 0 Å². The van der Waals surface area contributed by atoms with Crippen LogP contribution in [0.4, 0.5) is 9.18 Å². The molecular formula is C12H20FNO2. The maximum atomic E-state index is 13.3. The highest BCUT2D eigenvalue weighted by molar-refractivity contribution is 5.69. The minimum Gasteiger partial charge on any atom is -0.444 e. The van der Waals surface area contributed by atoms with Crippen LogP contribution in [0.1, 0.15) is 46.5 Å². The topological polar surface area (TPSA) is 29.5 Å². The number of nitrogens with zero attached hydrogens (tertiary/aromatic N) is 1. The van der Waals surface area contributed by atoms with Crippen molar-refractivity contribution in [1.29, 1.82) is 0 Å². The third-order valence-corrected chi connectivity index (χ3v) is 3.28. The van der Waals surface area contributed by atoms with Crippen molar-refractivity contribution in [1.82, 2.24) is 4.90 Å². The average Bonchev–Trinajstić information content (AvgIpc) is 2.36. The summed E-state index contributed by atoms with van der Waals surface area (Å²) in [4.78, 5) is 13.7. The summed E-state index contributed by atoms with van der Waals surface area (Å²) in [5, 5.41) is 0. The van der Waals surface area contributed by atoms with Gasteiger partial charge in [-0.05, 0) is 46.5 Å². The van der Waals surface area contributed by atoms with Gasteiger partial charge in [-0.3, -0.25) is 0 Å². The van der Waals surface area contributed by atoms with Crippen LogP contribution in [0, 0.1) is 0 Å². The summed E-state index contributed by atoms with van der Waals surface area (Å²) < 4.78 is 18.7. The quantitative estimate of drug-likeness (QED) is 0.639. The zero-order valence-corrected chi connectivity index (χ0v) is 10.2. The number of hydrogen-bond donors (Lipinski definition) is 0. The van der Waals surface area contributed by atoms with E-state index in [-0.39, 0.29) is 18.2 Å². The number of alkyl halides is 1. The van der Waals surface area contributed by atoms with Gasteiger partial charge in [0, 0.05) is 12.1 Å². The fraction of sp³-hybridized carbons (Fsp3) is 0.917. The lowest BCUT2D eigenvalue weighted by molar-refractivity contribution is -0.000483. The van der Waals surface area contributed by atoms with E-state index < -0.39 is 11.8 Å². The lowest BCUT2D eigenvalue weighted by Gasteiger charge is -2.37. The number of carbonyl (C=O) groups excluding carboxylic acids is 1. The van der Waals surface area contributed by atoms with E-state index >= 15 is 0 Å². The molecule has 0 aromatic rings. The summed E-state index contributed by atoms with van der Waals surface area (Å²) in [5.41, 5.74) is -0.469. The first-order valence-electron chi connectivity index (χ1n) is 6.02. The Labute approximate surface area is 95.9 Å². The van der Waals surface area contributed by atoms with Crippen LogP contribution in [-0.2, 0) is 4.74 Å². The summed E-state index contributed by atoms with van der Waals surface area (Å²) in [6.45, 7) is 5.57. The van der Waals surface area contributed by atoms with E-state index in [0.717, 1.165) is 12.8 Å². The molecule has 0 saturated carbocycles. The normalized spacial score (nSPS) is 34.0. The molecule has 2 saturated heterocycles. The monoisotopic (exact) mass is 229 g/mol. The minimum absolute atomic E-state index is 0.0589. The number of amides is 1. The van der Waals surface area contributed by atoms with Gasteiger partial charge in [-0.15, -0.1) is 0 Å². The van der Waals surface area contributed by atoms with E-state index in [0.29, 0.717) is 12.8 Å². The Morgan fingerprint density at radius 2 is 1.75 bits per heavy atom. The molecule has 2 aliphatic heterocycles. The van der Waals surface area contributed by atoms with Gasteiger partial charge in [-0.2, -0.15) is 0 Å². The van der Waals surface area contributed by atoms with E-state index in [1.54, 1.807) is 4.90 Å². The Morgan fingerprint density at radius 1 is 1.25 bits per heavy atom. The van der Waals surface area contributed by atoms with Gasteiger partial charge in [0.05, 0.1) is 0 Å². The van der Waals surface area contributed by atoms with Crippen LogP contribution in [0.3, 0.4) is 0 Å². The van der Waals surface area contributed by atoms with Crippen molar-refractivity contribution < 1.29 is 13.9 Å². The van der Waals surface area contributed by atoms with Gasteiger partial charge in [0.25, 0.3) is 0 Å². The molecule has 0 spiro atoms. The summed E-state index contributed by atoms with van der Waals surface area (Å²) in [6, 6.07) is 0.118. The Bertz CT molecular complexity index is 273. The first-order chi connectivity index (χ1) is 7.37. The highest BCUT2D eigenvalue weighted by Crippen LogP contribution is 2.37. The SMILES string of the molecule is CC(C)(C)OC(=O)N1[C@@H]2CC[C@H]1CC(F)C2. The maximum Gasteiger partial charge on any atom is 0.410 e. The largest absolute Gasteiger partial charge is 0.444 e. The van der Waals surface area contributed by atoms with Crippen molar-refractivity contribution in [2.75, 3.05) is 0 Å². The second kappa shape index (κ2) is 3.90. The Kier molecular flexibility index (Phi) is 2.84. The molecule has 4 heteroatoms. The highest BCUT2D eigenvalue weighted by atomic mass is 19.1.